The first-order chi connectivity index (χ1) is 13.4. The standard InChI is InChI=1S/C24H44O4Si/c1-9-11-14-23(21(10-2)27-29(7,8)22(4,5)6)16-17-24(28-23)15-12-19(3)20(26-24)13-18-25/h2,19-21,25H,9,11-18H2,1,3-8H3/t19-,20+,21-,23+,24-/m0/s1. The third-order valence-electron chi connectivity index (χ3n) is 7.51. The Morgan fingerprint density at radius 2 is 1.97 bits per heavy atom. The van der Waals surface area contributed by atoms with Crippen LogP contribution in [-0.4, -0.2) is 43.6 Å². The maximum atomic E-state index is 9.45. The number of hydrogen-bond acceptors (Lipinski definition) is 4. The van der Waals surface area contributed by atoms with Gasteiger partial charge in [0, 0.05) is 19.4 Å². The van der Waals surface area contributed by atoms with Gasteiger partial charge in [-0.1, -0.05) is 53.4 Å². The Hall–Kier alpha value is -0.383. The van der Waals surface area contributed by atoms with E-state index in [1.165, 1.54) is 0 Å². The Labute approximate surface area is 180 Å². The summed E-state index contributed by atoms with van der Waals surface area (Å²) in [5.74, 6) is 2.84. The molecular weight excluding hydrogens is 380 g/mol. The van der Waals surface area contributed by atoms with Crippen LogP contribution in [0, 0.1) is 18.3 Å². The molecule has 2 aliphatic rings. The van der Waals surface area contributed by atoms with Gasteiger partial charge in [-0.25, -0.2) is 0 Å². The van der Waals surface area contributed by atoms with Gasteiger partial charge in [0.25, 0.3) is 0 Å². The molecule has 0 amide bonds. The van der Waals surface area contributed by atoms with Crippen LogP contribution in [0.3, 0.4) is 0 Å². The van der Waals surface area contributed by atoms with E-state index in [4.69, 9.17) is 20.3 Å². The molecule has 5 atom stereocenters. The summed E-state index contributed by atoms with van der Waals surface area (Å²) in [7, 11) is -2.04. The van der Waals surface area contributed by atoms with Gasteiger partial charge in [-0.2, -0.15) is 0 Å². The molecule has 0 bridgehead atoms. The van der Waals surface area contributed by atoms with Crippen LogP contribution >= 0.6 is 0 Å². The molecule has 2 saturated heterocycles. The van der Waals surface area contributed by atoms with Crippen LogP contribution in [0.5, 0.6) is 0 Å². The highest BCUT2D eigenvalue weighted by atomic mass is 28.4. The smallest absolute Gasteiger partial charge is 0.193 e. The van der Waals surface area contributed by atoms with Crippen molar-refractivity contribution in [2.75, 3.05) is 6.61 Å². The topological polar surface area (TPSA) is 47.9 Å². The van der Waals surface area contributed by atoms with Crippen LogP contribution in [0.25, 0.3) is 0 Å². The number of hydrogen-bond donors (Lipinski definition) is 1. The molecular formula is C24H44O4Si. The van der Waals surface area contributed by atoms with Crippen molar-refractivity contribution >= 4 is 8.32 Å². The van der Waals surface area contributed by atoms with E-state index in [1.54, 1.807) is 0 Å². The predicted octanol–water partition coefficient (Wildman–Crippen LogP) is 5.64. The maximum Gasteiger partial charge on any atom is 0.193 e. The fraction of sp³-hybridized carbons (Fsp3) is 0.917. The summed E-state index contributed by atoms with van der Waals surface area (Å²) in [4.78, 5) is 0. The van der Waals surface area contributed by atoms with E-state index in [-0.39, 0.29) is 23.9 Å². The minimum atomic E-state index is -2.04. The molecule has 4 nitrogen and oxygen atoms in total. The first kappa shape index (κ1) is 24.9. The van der Waals surface area contributed by atoms with E-state index in [0.717, 1.165) is 44.9 Å². The first-order valence-corrected chi connectivity index (χ1v) is 14.5. The van der Waals surface area contributed by atoms with E-state index < -0.39 is 19.7 Å². The average molecular weight is 425 g/mol. The maximum absolute atomic E-state index is 9.45. The largest absolute Gasteiger partial charge is 0.401 e. The molecule has 1 spiro atoms. The highest BCUT2D eigenvalue weighted by molar-refractivity contribution is 6.74. The summed E-state index contributed by atoms with van der Waals surface area (Å²) in [6.45, 7) is 15.8. The Morgan fingerprint density at radius 1 is 1.28 bits per heavy atom. The van der Waals surface area contributed by atoms with Crippen molar-refractivity contribution in [3.8, 4) is 12.3 Å². The van der Waals surface area contributed by atoms with E-state index >= 15 is 0 Å². The lowest BCUT2D eigenvalue weighted by molar-refractivity contribution is -0.308. The monoisotopic (exact) mass is 424 g/mol. The Kier molecular flexibility index (Phi) is 8.07. The van der Waals surface area contributed by atoms with Crippen LogP contribution < -0.4 is 0 Å². The summed E-state index contributed by atoms with van der Waals surface area (Å²) in [5.41, 5.74) is -0.482. The fourth-order valence-corrected chi connectivity index (χ4v) is 5.65. The van der Waals surface area contributed by atoms with Crippen molar-refractivity contribution in [1.29, 1.82) is 0 Å². The number of aliphatic hydroxyl groups is 1. The van der Waals surface area contributed by atoms with Crippen LogP contribution in [0.4, 0.5) is 0 Å². The molecule has 168 valence electrons. The Morgan fingerprint density at radius 3 is 2.52 bits per heavy atom. The molecule has 29 heavy (non-hydrogen) atoms. The zero-order chi connectivity index (χ0) is 21.9. The lowest BCUT2D eigenvalue weighted by atomic mass is 9.86. The van der Waals surface area contributed by atoms with Gasteiger partial charge in [0.2, 0.25) is 0 Å². The second-order valence-electron chi connectivity index (χ2n) is 10.8. The predicted molar refractivity (Wildman–Crippen MR) is 121 cm³/mol. The van der Waals surface area contributed by atoms with Crippen molar-refractivity contribution in [1.82, 2.24) is 0 Å². The summed E-state index contributed by atoms with van der Waals surface area (Å²) in [5, 5.41) is 9.54. The summed E-state index contributed by atoms with van der Waals surface area (Å²) in [6.07, 6.45) is 13.1. The van der Waals surface area contributed by atoms with Gasteiger partial charge in [0.05, 0.1) is 6.10 Å². The van der Waals surface area contributed by atoms with E-state index in [0.29, 0.717) is 12.3 Å². The van der Waals surface area contributed by atoms with Crippen LogP contribution in [0.2, 0.25) is 18.1 Å². The third kappa shape index (κ3) is 5.46. The van der Waals surface area contributed by atoms with Gasteiger partial charge in [-0.15, -0.1) is 6.42 Å². The summed E-state index contributed by atoms with van der Waals surface area (Å²) >= 11 is 0. The van der Waals surface area contributed by atoms with Gasteiger partial charge >= 0.3 is 0 Å². The molecule has 0 aliphatic carbocycles. The van der Waals surface area contributed by atoms with Crippen molar-refractivity contribution < 1.29 is 19.0 Å². The van der Waals surface area contributed by atoms with Crippen molar-refractivity contribution in [3.63, 3.8) is 0 Å². The molecule has 0 aromatic heterocycles. The molecule has 2 rings (SSSR count). The zero-order valence-corrected chi connectivity index (χ0v) is 20.8. The molecule has 0 saturated carbocycles. The first-order valence-electron chi connectivity index (χ1n) is 11.6. The number of rotatable bonds is 8. The Balaban J connectivity index is 2.27. The second-order valence-corrected chi connectivity index (χ2v) is 15.5. The van der Waals surface area contributed by atoms with Gasteiger partial charge in [-0.3, -0.25) is 0 Å². The molecule has 0 radical (unpaired) electrons. The van der Waals surface area contributed by atoms with Gasteiger partial charge in [-0.05, 0) is 49.7 Å². The molecule has 5 heteroatoms. The minimum absolute atomic E-state index is 0.0429. The summed E-state index contributed by atoms with van der Waals surface area (Å²) < 4.78 is 20.1. The molecule has 0 aromatic rings. The SMILES string of the molecule is C#C[C@H](O[Si](C)(C)C(C)(C)C)[C@@]1(CCCC)CC[C@]2(CC[C@H](C)[C@@H](CCO)O2)O1. The third-order valence-corrected chi connectivity index (χ3v) is 12.0. The lowest BCUT2D eigenvalue weighted by Gasteiger charge is -2.46. The van der Waals surface area contributed by atoms with Crippen LogP contribution in [-0.2, 0) is 13.9 Å². The molecule has 2 aliphatic heterocycles. The highest BCUT2D eigenvalue weighted by Gasteiger charge is 2.57. The van der Waals surface area contributed by atoms with Gasteiger partial charge in [0.1, 0.15) is 11.7 Å². The fourth-order valence-electron chi connectivity index (χ4n) is 4.42. The molecule has 2 heterocycles. The molecule has 1 N–H and O–H groups in total. The van der Waals surface area contributed by atoms with Crippen molar-refractivity contribution in [2.45, 2.75) is 128 Å². The molecule has 0 aromatic carbocycles. The number of ether oxygens (including phenoxy) is 2. The minimum Gasteiger partial charge on any atom is -0.401 e. The molecule has 0 unspecified atom stereocenters. The Bertz CT molecular complexity index is 578. The van der Waals surface area contributed by atoms with E-state index in [1.807, 2.05) is 0 Å². The zero-order valence-electron chi connectivity index (χ0n) is 19.8. The average Bonchev–Trinajstić information content (AvgIpc) is 3.00. The van der Waals surface area contributed by atoms with Gasteiger partial charge < -0.3 is 19.0 Å². The van der Waals surface area contributed by atoms with Crippen molar-refractivity contribution in [3.05, 3.63) is 0 Å². The number of terminal acetylenes is 1. The molecule has 2 fully saturated rings. The quantitative estimate of drug-likeness (QED) is 0.404. The summed E-state index contributed by atoms with van der Waals surface area (Å²) in [6, 6.07) is 0. The van der Waals surface area contributed by atoms with Crippen LogP contribution in [0.1, 0.15) is 86.0 Å². The van der Waals surface area contributed by atoms with Crippen LogP contribution in [0.15, 0.2) is 0 Å². The van der Waals surface area contributed by atoms with Crippen molar-refractivity contribution in [2.24, 2.45) is 5.92 Å². The normalized spacial score (nSPS) is 34.3. The second kappa shape index (κ2) is 9.40. The highest BCUT2D eigenvalue weighted by Crippen LogP contribution is 2.51. The van der Waals surface area contributed by atoms with Gasteiger partial charge in [0.15, 0.2) is 14.1 Å². The number of aliphatic hydroxyl groups excluding tert-OH is 1. The number of unbranched alkanes of at least 4 members (excludes halogenated alkanes) is 1. The van der Waals surface area contributed by atoms with E-state index in [2.05, 4.69) is 53.6 Å². The lowest BCUT2D eigenvalue weighted by Crippen LogP contribution is -2.54. The van der Waals surface area contributed by atoms with E-state index in [9.17, 15) is 5.11 Å².